The summed E-state index contributed by atoms with van der Waals surface area (Å²) in [6, 6.07) is 11.4. The number of fused-ring (bicyclic) bond motifs is 1. The fraction of sp³-hybridized carbons (Fsp3) is 0.214. The number of carbonyl (C=O) groups is 1. The lowest BCUT2D eigenvalue weighted by molar-refractivity contribution is 0.0601. The summed E-state index contributed by atoms with van der Waals surface area (Å²) in [7, 11) is 3.59. The zero-order valence-corrected chi connectivity index (χ0v) is 11.9. The lowest BCUT2D eigenvalue weighted by Gasteiger charge is -2.13. The average Bonchev–Trinajstić information content (AvgIpc) is 2.47. The third-order valence-corrected chi connectivity index (χ3v) is 4.15. The van der Waals surface area contributed by atoms with Crippen LogP contribution in [-0.2, 0) is 13.8 Å². The predicted molar refractivity (Wildman–Crippen MR) is 75.9 cm³/mol. The van der Waals surface area contributed by atoms with Crippen LogP contribution in [0.3, 0.4) is 0 Å². The van der Waals surface area contributed by atoms with Gasteiger partial charge in [-0.1, -0.05) is 12.1 Å². The molecule has 0 spiro atoms. The van der Waals surface area contributed by atoms with Crippen LogP contribution in [0.25, 0.3) is 10.8 Å². The lowest BCUT2D eigenvalue weighted by atomic mass is 10.1. The van der Waals surface area contributed by atoms with Gasteiger partial charge in [0.25, 0.3) is 0 Å². The summed E-state index contributed by atoms with van der Waals surface area (Å²) in [5.74, 6) is -0.331. The van der Waals surface area contributed by atoms with Crippen molar-refractivity contribution in [1.82, 2.24) is 0 Å². The number of hydrogen-bond donors (Lipinski definition) is 0. The monoisotopic (exact) mass is 278 g/mol. The molecule has 0 fully saturated rings. The summed E-state index contributed by atoms with van der Waals surface area (Å²) in [5, 5.41) is 3.01. The van der Waals surface area contributed by atoms with Crippen LogP contribution in [0.5, 0.6) is 0 Å². The van der Waals surface area contributed by atoms with Crippen molar-refractivity contribution in [1.29, 1.82) is 0 Å². The van der Waals surface area contributed by atoms with Crippen LogP contribution in [0.2, 0.25) is 0 Å². The molecule has 4 nitrogen and oxygen atoms in total. The largest absolute Gasteiger partial charge is 0.465 e. The summed E-state index contributed by atoms with van der Waals surface area (Å²) in [6.45, 7) is 0. The van der Waals surface area contributed by atoms with Gasteiger partial charge in [-0.3, -0.25) is 0 Å². The van der Waals surface area contributed by atoms with Crippen LogP contribution in [0.1, 0.15) is 10.4 Å². The van der Waals surface area contributed by atoms with Gasteiger partial charge in [0.15, 0.2) is 0 Å². The van der Waals surface area contributed by atoms with Crippen molar-refractivity contribution in [3.05, 3.63) is 42.0 Å². The first kappa shape index (κ1) is 13.9. The summed E-state index contributed by atoms with van der Waals surface area (Å²) < 4.78 is 15.3. The lowest BCUT2D eigenvalue weighted by Crippen LogP contribution is -2.04. The van der Waals surface area contributed by atoms with Gasteiger partial charge < -0.3 is 13.8 Å². The Bertz CT molecular complexity index is 593. The second kappa shape index (κ2) is 6.11. The first-order chi connectivity index (χ1) is 9.19. The van der Waals surface area contributed by atoms with E-state index >= 15 is 0 Å². The number of carbonyl (C=O) groups excluding carboxylic acids is 1. The van der Waals surface area contributed by atoms with E-state index in [1.807, 2.05) is 30.3 Å². The summed E-state index contributed by atoms with van der Waals surface area (Å²) in [5.41, 5.74) is 0.545. The van der Waals surface area contributed by atoms with Gasteiger partial charge in [-0.05, 0) is 35.0 Å². The van der Waals surface area contributed by atoms with Crippen molar-refractivity contribution in [2.75, 3.05) is 21.3 Å². The second-order valence-electron chi connectivity index (χ2n) is 3.86. The van der Waals surface area contributed by atoms with Crippen LogP contribution in [0, 0.1) is 0 Å². The van der Waals surface area contributed by atoms with Crippen molar-refractivity contribution < 1.29 is 18.6 Å². The van der Waals surface area contributed by atoms with E-state index in [0.717, 1.165) is 16.1 Å². The Morgan fingerprint density at radius 2 is 1.58 bits per heavy atom. The van der Waals surface area contributed by atoms with E-state index in [2.05, 4.69) is 0 Å². The van der Waals surface area contributed by atoms with E-state index in [0.29, 0.717) is 5.56 Å². The zero-order chi connectivity index (χ0) is 13.8. The Morgan fingerprint density at radius 1 is 0.947 bits per heavy atom. The number of rotatable bonds is 4. The molecular weight excluding hydrogens is 263 g/mol. The Morgan fingerprint density at radius 3 is 2.21 bits per heavy atom. The predicted octanol–water partition coefficient (Wildman–Crippen LogP) is 2.86. The molecule has 0 saturated carbocycles. The number of esters is 1. The highest BCUT2D eigenvalue weighted by Crippen LogP contribution is 2.35. The molecule has 100 valence electrons. The summed E-state index contributed by atoms with van der Waals surface area (Å²) >= 11 is 0. The molecule has 0 amide bonds. The Labute approximate surface area is 113 Å². The van der Waals surface area contributed by atoms with E-state index in [1.165, 1.54) is 7.11 Å². The van der Waals surface area contributed by atoms with Crippen molar-refractivity contribution >= 4 is 30.4 Å². The topological polar surface area (TPSA) is 44.8 Å². The van der Waals surface area contributed by atoms with Crippen molar-refractivity contribution in [3.8, 4) is 0 Å². The van der Waals surface area contributed by atoms with Crippen LogP contribution < -0.4 is 5.30 Å². The van der Waals surface area contributed by atoms with Gasteiger partial charge in [-0.2, -0.15) is 0 Å². The van der Waals surface area contributed by atoms with Crippen LogP contribution >= 0.6 is 8.38 Å². The number of ether oxygens (including phenoxy) is 1. The minimum atomic E-state index is -1.04. The normalized spacial score (nSPS) is 10.9. The summed E-state index contributed by atoms with van der Waals surface area (Å²) in [6.07, 6.45) is 0. The fourth-order valence-electron chi connectivity index (χ4n) is 1.88. The number of benzene rings is 2. The molecule has 2 aromatic carbocycles. The van der Waals surface area contributed by atoms with Crippen LogP contribution in [0.15, 0.2) is 36.4 Å². The van der Waals surface area contributed by atoms with Gasteiger partial charge in [-0.15, -0.1) is 0 Å². The molecule has 2 rings (SSSR count). The smallest absolute Gasteiger partial charge is 0.337 e. The second-order valence-corrected chi connectivity index (χ2v) is 5.62. The molecule has 0 radical (unpaired) electrons. The van der Waals surface area contributed by atoms with E-state index in [1.54, 1.807) is 20.3 Å². The molecule has 0 aliphatic carbocycles. The van der Waals surface area contributed by atoms with Gasteiger partial charge >= 0.3 is 5.97 Å². The minimum Gasteiger partial charge on any atom is -0.465 e. The molecule has 19 heavy (non-hydrogen) atoms. The molecule has 0 bridgehead atoms. The molecule has 0 aliphatic rings. The SMILES string of the molecule is COC(=O)c1ccc2cc(P(OC)OC)ccc2c1. The van der Waals surface area contributed by atoms with Crippen LogP contribution in [-0.4, -0.2) is 27.3 Å². The summed E-state index contributed by atoms with van der Waals surface area (Å²) in [4.78, 5) is 11.5. The molecule has 0 aromatic heterocycles. The standard InChI is InChI=1S/C14H15O4P/c1-16-14(15)12-5-4-11-9-13(19(17-2)18-3)7-6-10(11)8-12/h4-9H,1-3H3. The average molecular weight is 278 g/mol. The number of hydrogen-bond acceptors (Lipinski definition) is 4. The number of methoxy groups -OCH3 is 1. The molecule has 0 heterocycles. The van der Waals surface area contributed by atoms with E-state index in [4.69, 9.17) is 13.8 Å². The highest BCUT2D eigenvalue weighted by molar-refractivity contribution is 7.55. The molecule has 0 atom stereocenters. The van der Waals surface area contributed by atoms with E-state index in [9.17, 15) is 4.79 Å². The molecule has 2 aromatic rings. The molecule has 5 heteroatoms. The molecule has 0 saturated heterocycles. The van der Waals surface area contributed by atoms with Gasteiger partial charge in [0.1, 0.15) is 0 Å². The molecular formula is C14H15O4P. The highest BCUT2D eigenvalue weighted by Gasteiger charge is 2.11. The first-order valence-electron chi connectivity index (χ1n) is 5.70. The highest BCUT2D eigenvalue weighted by atomic mass is 31.2. The zero-order valence-electron chi connectivity index (χ0n) is 11.0. The molecule has 0 aliphatic heterocycles. The van der Waals surface area contributed by atoms with Gasteiger partial charge in [0.2, 0.25) is 8.38 Å². The van der Waals surface area contributed by atoms with Crippen molar-refractivity contribution in [2.45, 2.75) is 0 Å². The Hall–Kier alpha value is -1.48. The third kappa shape index (κ3) is 2.92. The maximum absolute atomic E-state index is 11.5. The van der Waals surface area contributed by atoms with Gasteiger partial charge in [0, 0.05) is 19.5 Å². The fourth-order valence-corrected chi connectivity index (χ4v) is 2.89. The van der Waals surface area contributed by atoms with Crippen molar-refractivity contribution in [2.24, 2.45) is 0 Å². The Balaban J connectivity index is 2.43. The van der Waals surface area contributed by atoms with Crippen LogP contribution in [0.4, 0.5) is 0 Å². The molecule has 0 unspecified atom stereocenters. The first-order valence-corrected chi connectivity index (χ1v) is 6.88. The van der Waals surface area contributed by atoms with Crippen molar-refractivity contribution in [3.63, 3.8) is 0 Å². The van der Waals surface area contributed by atoms with Gasteiger partial charge in [-0.25, -0.2) is 4.79 Å². The Kier molecular flexibility index (Phi) is 4.48. The third-order valence-electron chi connectivity index (χ3n) is 2.79. The maximum atomic E-state index is 11.5. The minimum absolute atomic E-state index is 0.331. The van der Waals surface area contributed by atoms with E-state index < -0.39 is 8.38 Å². The van der Waals surface area contributed by atoms with Gasteiger partial charge in [0.05, 0.1) is 12.7 Å². The quantitative estimate of drug-likeness (QED) is 0.637. The maximum Gasteiger partial charge on any atom is 0.337 e. The molecule has 0 N–H and O–H groups in total. The van der Waals surface area contributed by atoms with E-state index in [-0.39, 0.29) is 5.97 Å².